The molecule has 1 saturated heterocycles. The van der Waals surface area contributed by atoms with Crippen molar-refractivity contribution in [2.45, 2.75) is 25.8 Å². The summed E-state index contributed by atoms with van der Waals surface area (Å²) in [4.78, 5) is 15.0. The van der Waals surface area contributed by atoms with Gasteiger partial charge in [-0.05, 0) is 24.6 Å². The Labute approximate surface area is 182 Å². The van der Waals surface area contributed by atoms with Crippen molar-refractivity contribution in [2.24, 2.45) is 0 Å². The molecule has 0 aliphatic carbocycles. The fourth-order valence-corrected chi connectivity index (χ4v) is 3.62. The van der Waals surface area contributed by atoms with Gasteiger partial charge in [-0.15, -0.1) is 10.2 Å². The molecule has 31 heavy (non-hydrogen) atoms. The van der Waals surface area contributed by atoms with E-state index in [-0.39, 0.29) is 11.9 Å². The Morgan fingerprint density at radius 2 is 1.81 bits per heavy atom. The molecule has 7 nitrogen and oxygen atoms in total. The number of rotatable bonds is 8. The minimum atomic E-state index is -0.0717. The summed E-state index contributed by atoms with van der Waals surface area (Å²) in [5, 5.41) is 11.4. The molecule has 1 aromatic heterocycles. The van der Waals surface area contributed by atoms with Crippen LogP contribution < -0.4 is 5.32 Å². The first-order valence-corrected chi connectivity index (χ1v) is 10.7. The lowest BCUT2D eigenvalue weighted by Crippen LogP contribution is -2.43. The molecular formula is C24H28N4O3. The highest BCUT2D eigenvalue weighted by atomic mass is 16.5. The molecule has 2 heterocycles. The van der Waals surface area contributed by atoms with Gasteiger partial charge < -0.3 is 14.5 Å². The first-order chi connectivity index (χ1) is 15.2. The molecule has 0 spiro atoms. The summed E-state index contributed by atoms with van der Waals surface area (Å²) in [6.07, 6.45) is 0.700. The number of carbonyl (C=O) groups is 1. The molecule has 1 atom stereocenters. The molecule has 162 valence electrons. The molecule has 0 saturated carbocycles. The Bertz CT molecular complexity index is 966. The number of ether oxygens (including phenoxy) is 1. The second-order valence-corrected chi connectivity index (χ2v) is 7.81. The number of aryl methyl sites for hydroxylation is 2. The number of aromatic nitrogens is 2. The van der Waals surface area contributed by atoms with Crippen molar-refractivity contribution in [1.82, 2.24) is 20.4 Å². The quantitative estimate of drug-likeness (QED) is 0.603. The molecule has 3 aromatic rings. The van der Waals surface area contributed by atoms with Crippen molar-refractivity contribution in [3.05, 3.63) is 71.6 Å². The number of hydrogen-bond acceptors (Lipinski definition) is 6. The van der Waals surface area contributed by atoms with Gasteiger partial charge in [0.15, 0.2) is 0 Å². The maximum absolute atomic E-state index is 12.7. The topological polar surface area (TPSA) is 80.5 Å². The van der Waals surface area contributed by atoms with Crippen molar-refractivity contribution < 1.29 is 13.9 Å². The fourth-order valence-electron chi connectivity index (χ4n) is 3.62. The second kappa shape index (κ2) is 10.3. The SMILES string of the molecule is Cc1ccc(-c2nnc(CCC(=O)N[C@H](CN3CCOCC3)c3ccccc3)o2)cc1. The average molecular weight is 421 g/mol. The lowest BCUT2D eigenvalue weighted by Gasteiger charge is -2.31. The van der Waals surface area contributed by atoms with Gasteiger partial charge in [0.2, 0.25) is 17.7 Å². The summed E-state index contributed by atoms with van der Waals surface area (Å²) >= 11 is 0. The van der Waals surface area contributed by atoms with Crippen LogP contribution in [0.25, 0.3) is 11.5 Å². The van der Waals surface area contributed by atoms with Gasteiger partial charge in [-0.1, -0.05) is 48.0 Å². The van der Waals surface area contributed by atoms with Crippen LogP contribution >= 0.6 is 0 Å². The average Bonchev–Trinajstić information content (AvgIpc) is 3.28. The summed E-state index contributed by atoms with van der Waals surface area (Å²) in [5.41, 5.74) is 3.15. The number of morpholine rings is 1. The molecule has 1 aliphatic heterocycles. The monoisotopic (exact) mass is 420 g/mol. The van der Waals surface area contributed by atoms with Crippen LogP contribution in [0, 0.1) is 6.92 Å². The number of hydrogen-bond donors (Lipinski definition) is 1. The first-order valence-electron chi connectivity index (χ1n) is 10.7. The van der Waals surface area contributed by atoms with Crippen molar-refractivity contribution in [1.29, 1.82) is 0 Å². The van der Waals surface area contributed by atoms with Crippen molar-refractivity contribution in [3.8, 4) is 11.5 Å². The molecule has 4 rings (SSSR count). The van der Waals surface area contributed by atoms with Gasteiger partial charge in [0.05, 0.1) is 19.3 Å². The van der Waals surface area contributed by atoms with Crippen LogP contribution in [-0.4, -0.2) is 53.9 Å². The third-order valence-electron chi connectivity index (χ3n) is 5.41. The second-order valence-electron chi connectivity index (χ2n) is 7.81. The summed E-state index contributed by atoms with van der Waals surface area (Å²) in [6.45, 7) is 6.01. The summed E-state index contributed by atoms with van der Waals surface area (Å²) in [6, 6.07) is 17.9. The third-order valence-corrected chi connectivity index (χ3v) is 5.41. The Morgan fingerprint density at radius 3 is 2.55 bits per heavy atom. The van der Waals surface area contributed by atoms with Crippen LogP contribution in [0.15, 0.2) is 59.0 Å². The van der Waals surface area contributed by atoms with Crippen LogP contribution in [0.3, 0.4) is 0 Å². The van der Waals surface area contributed by atoms with Crippen LogP contribution in [-0.2, 0) is 16.0 Å². The van der Waals surface area contributed by atoms with E-state index in [1.807, 2.05) is 49.4 Å². The van der Waals surface area contributed by atoms with E-state index in [0.717, 1.165) is 44.0 Å². The minimum Gasteiger partial charge on any atom is -0.421 e. The van der Waals surface area contributed by atoms with E-state index >= 15 is 0 Å². The molecule has 2 aromatic carbocycles. The molecule has 0 unspecified atom stereocenters. The van der Waals surface area contributed by atoms with Crippen molar-refractivity contribution in [2.75, 3.05) is 32.8 Å². The molecule has 1 N–H and O–H groups in total. The number of benzene rings is 2. The van der Waals surface area contributed by atoms with E-state index in [1.54, 1.807) is 0 Å². The Balaban J connectivity index is 1.35. The largest absolute Gasteiger partial charge is 0.421 e. The zero-order valence-electron chi connectivity index (χ0n) is 17.8. The van der Waals surface area contributed by atoms with E-state index in [0.29, 0.717) is 24.6 Å². The van der Waals surface area contributed by atoms with E-state index < -0.39 is 0 Å². The molecule has 1 fully saturated rings. The highest BCUT2D eigenvalue weighted by molar-refractivity contribution is 5.76. The Hall–Kier alpha value is -3.03. The van der Waals surface area contributed by atoms with Crippen LogP contribution in [0.1, 0.15) is 29.5 Å². The normalized spacial score (nSPS) is 15.5. The van der Waals surface area contributed by atoms with E-state index in [4.69, 9.17) is 9.15 Å². The predicted octanol–water partition coefficient (Wildman–Crippen LogP) is 3.17. The number of carbonyl (C=O) groups excluding carboxylic acids is 1. The summed E-state index contributed by atoms with van der Waals surface area (Å²) < 4.78 is 11.2. The molecule has 1 amide bonds. The van der Waals surface area contributed by atoms with E-state index in [9.17, 15) is 4.79 Å². The van der Waals surface area contributed by atoms with Gasteiger partial charge in [-0.25, -0.2) is 0 Å². The highest BCUT2D eigenvalue weighted by Gasteiger charge is 2.20. The van der Waals surface area contributed by atoms with Crippen molar-refractivity contribution >= 4 is 5.91 Å². The van der Waals surface area contributed by atoms with Gasteiger partial charge >= 0.3 is 0 Å². The smallest absolute Gasteiger partial charge is 0.247 e. The zero-order valence-corrected chi connectivity index (χ0v) is 17.8. The molecule has 0 radical (unpaired) electrons. The molecule has 0 bridgehead atoms. The fraction of sp³-hybridized carbons (Fsp3) is 0.375. The number of nitrogens with one attached hydrogen (secondary N) is 1. The third kappa shape index (κ3) is 5.99. The number of amides is 1. The Morgan fingerprint density at radius 1 is 1.06 bits per heavy atom. The lowest BCUT2D eigenvalue weighted by molar-refractivity contribution is -0.122. The van der Waals surface area contributed by atoms with Crippen LogP contribution in [0.5, 0.6) is 0 Å². The van der Waals surface area contributed by atoms with Gasteiger partial charge in [-0.3, -0.25) is 9.69 Å². The maximum atomic E-state index is 12.7. The van der Waals surface area contributed by atoms with Crippen LogP contribution in [0.4, 0.5) is 0 Å². The Kier molecular flexibility index (Phi) is 7.07. The standard InChI is InChI=1S/C24H28N4O3/c1-18-7-9-20(10-8-18)24-27-26-23(31-24)12-11-22(29)25-21(19-5-3-2-4-6-19)17-28-13-15-30-16-14-28/h2-10,21H,11-17H2,1H3,(H,25,29)/t21-/m1/s1. The van der Waals surface area contributed by atoms with E-state index in [2.05, 4.69) is 32.5 Å². The van der Waals surface area contributed by atoms with Gasteiger partial charge in [0.1, 0.15) is 0 Å². The van der Waals surface area contributed by atoms with Gasteiger partial charge in [-0.2, -0.15) is 0 Å². The van der Waals surface area contributed by atoms with Crippen LogP contribution in [0.2, 0.25) is 0 Å². The van der Waals surface area contributed by atoms with Crippen molar-refractivity contribution in [3.63, 3.8) is 0 Å². The maximum Gasteiger partial charge on any atom is 0.247 e. The van der Waals surface area contributed by atoms with Gasteiger partial charge in [0.25, 0.3) is 0 Å². The van der Waals surface area contributed by atoms with E-state index in [1.165, 1.54) is 5.56 Å². The molecular weight excluding hydrogens is 392 g/mol. The highest BCUT2D eigenvalue weighted by Crippen LogP contribution is 2.19. The zero-order chi connectivity index (χ0) is 21.5. The minimum absolute atomic E-state index is 0.0304. The first kappa shape index (κ1) is 21.2. The van der Waals surface area contributed by atoms with Gasteiger partial charge in [0, 0.05) is 38.0 Å². The lowest BCUT2D eigenvalue weighted by atomic mass is 10.1. The molecule has 7 heteroatoms. The summed E-state index contributed by atoms with van der Waals surface area (Å²) in [5.74, 6) is 0.914. The predicted molar refractivity (Wildman–Crippen MR) is 117 cm³/mol. The summed E-state index contributed by atoms with van der Waals surface area (Å²) in [7, 11) is 0. The molecule has 1 aliphatic rings. The number of nitrogens with zero attached hydrogens (tertiary/aromatic N) is 3.